The number of amides is 1. The second-order valence-corrected chi connectivity index (χ2v) is 8.35. The molecule has 1 aromatic carbocycles. The van der Waals surface area contributed by atoms with Gasteiger partial charge in [0.2, 0.25) is 0 Å². The Bertz CT molecular complexity index is 983. The smallest absolute Gasteiger partial charge is 0.258 e. The molecule has 1 fully saturated rings. The Labute approximate surface area is 170 Å². The maximum atomic E-state index is 14.9. The van der Waals surface area contributed by atoms with Crippen LogP contribution in [0, 0.1) is 5.82 Å². The molecule has 1 aliphatic carbocycles. The number of hydrogen-bond donors (Lipinski definition) is 1. The number of hydrogen-bond acceptors (Lipinski definition) is 3. The minimum absolute atomic E-state index is 0.00745. The highest BCUT2D eigenvalue weighted by Crippen LogP contribution is 2.28. The average Bonchev–Trinajstić information content (AvgIpc) is 3.17. The van der Waals surface area contributed by atoms with Crippen molar-refractivity contribution in [3.63, 3.8) is 0 Å². The maximum Gasteiger partial charge on any atom is 0.258 e. The summed E-state index contributed by atoms with van der Waals surface area (Å²) < 4.78 is 28.9. The summed E-state index contributed by atoms with van der Waals surface area (Å²) in [7, 11) is 0. The zero-order chi connectivity index (χ0) is 19.7. The van der Waals surface area contributed by atoms with Crippen LogP contribution in [-0.2, 0) is 11.3 Å². The number of aromatic nitrogens is 1. The summed E-state index contributed by atoms with van der Waals surface area (Å²) in [6.07, 6.45) is 7.30. The van der Waals surface area contributed by atoms with E-state index in [2.05, 4.69) is 31.1 Å². The molecule has 28 heavy (non-hydrogen) atoms. The first-order chi connectivity index (χ1) is 13.5. The first-order valence-electron chi connectivity index (χ1n) is 9.33. The highest BCUT2D eigenvalue weighted by atomic mass is 79.9. The average molecular weight is 448 g/mol. The van der Waals surface area contributed by atoms with Gasteiger partial charge in [-0.15, -0.1) is 0 Å². The van der Waals surface area contributed by atoms with Gasteiger partial charge in [0.05, 0.1) is 11.3 Å². The summed E-state index contributed by atoms with van der Waals surface area (Å²) >= 11 is 3.28. The molecule has 4 nitrogen and oxygen atoms in total. The standard InChI is InChI=1S/C21H20BrF2N3O/c22-15-4-5-16(17(23)10-15)21(28)26-18-6-3-14-9-13(11-25-20(14)19(18)24)12-27-7-1-2-8-27/h3-6,9,11,15H,1-2,7-8,10,12H2,(H,26,28). The number of fused-ring (bicyclic) bond motifs is 1. The molecule has 2 heterocycles. The molecule has 2 aliphatic rings. The molecule has 0 saturated carbocycles. The second kappa shape index (κ2) is 8.09. The van der Waals surface area contributed by atoms with Gasteiger partial charge in [-0.2, -0.15) is 0 Å². The Morgan fingerprint density at radius 1 is 1.29 bits per heavy atom. The fourth-order valence-electron chi connectivity index (χ4n) is 3.62. The van der Waals surface area contributed by atoms with Crippen LogP contribution >= 0.6 is 15.9 Å². The zero-order valence-corrected chi connectivity index (χ0v) is 16.8. The van der Waals surface area contributed by atoms with Crippen LogP contribution in [-0.4, -0.2) is 33.7 Å². The number of nitrogens with one attached hydrogen (secondary N) is 1. The Morgan fingerprint density at radius 3 is 2.82 bits per heavy atom. The van der Waals surface area contributed by atoms with Crippen LogP contribution in [0.25, 0.3) is 10.9 Å². The molecule has 146 valence electrons. The van der Waals surface area contributed by atoms with Crippen molar-refractivity contribution in [3.8, 4) is 0 Å². The van der Waals surface area contributed by atoms with Crippen molar-refractivity contribution >= 4 is 38.4 Å². The third-order valence-corrected chi connectivity index (χ3v) is 5.71. The van der Waals surface area contributed by atoms with Crippen LogP contribution in [0.1, 0.15) is 24.8 Å². The lowest BCUT2D eigenvalue weighted by Crippen LogP contribution is -2.18. The van der Waals surface area contributed by atoms with Crippen molar-refractivity contribution in [1.82, 2.24) is 9.88 Å². The highest BCUT2D eigenvalue weighted by molar-refractivity contribution is 9.09. The van der Waals surface area contributed by atoms with E-state index < -0.39 is 17.6 Å². The third-order valence-electron chi connectivity index (χ3n) is 5.08. The van der Waals surface area contributed by atoms with Crippen molar-refractivity contribution < 1.29 is 13.6 Å². The molecule has 4 rings (SSSR count). The largest absolute Gasteiger partial charge is 0.319 e. The first kappa shape index (κ1) is 19.2. The number of carbonyl (C=O) groups excluding carboxylic acids is 1. The lowest BCUT2D eigenvalue weighted by Gasteiger charge is -2.15. The van der Waals surface area contributed by atoms with Crippen LogP contribution in [0.3, 0.4) is 0 Å². The quantitative estimate of drug-likeness (QED) is 0.680. The van der Waals surface area contributed by atoms with Crippen molar-refractivity contribution in [2.45, 2.75) is 30.6 Å². The van der Waals surface area contributed by atoms with Gasteiger partial charge >= 0.3 is 0 Å². The topological polar surface area (TPSA) is 45.2 Å². The molecular formula is C21H20BrF2N3O. The number of nitrogens with zero attached hydrogens (tertiary/aromatic N) is 2. The number of allylic oxidation sites excluding steroid dienone is 2. The van der Waals surface area contributed by atoms with E-state index in [4.69, 9.17) is 0 Å². The summed E-state index contributed by atoms with van der Waals surface area (Å²) in [5.41, 5.74) is 1.14. The number of pyridine rings is 1. The number of benzene rings is 1. The van der Waals surface area contributed by atoms with Crippen molar-refractivity contribution in [1.29, 1.82) is 0 Å². The second-order valence-electron chi connectivity index (χ2n) is 7.18. The summed E-state index contributed by atoms with van der Waals surface area (Å²) in [5, 5.41) is 3.14. The number of anilines is 1. The summed E-state index contributed by atoms with van der Waals surface area (Å²) in [6, 6.07) is 5.15. The molecule has 1 atom stereocenters. The van der Waals surface area contributed by atoms with E-state index in [1.54, 1.807) is 18.3 Å². The summed E-state index contributed by atoms with van der Waals surface area (Å²) in [5.74, 6) is -1.80. The number of likely N-dealkylation sites (tertiary alicyclic amines) is 1. The Morgan fingerprint density at radius 2 is 2.07 bits per heavy atom. The zero-order valence-electron chi connectivity index (χ0n) is 15.2. The van der Waals surface area contributed by atoms with E-state index in [0.29, 0.717) is 5.39 Å². The molecule has 1 aliphatic heterocycles. The predicted octanol–water partition coefficient (Wildman–Crippen LogP) is 4.86. The number of alkyl halides is 1. The third kappa shape index (κ3) is 4.00. The number of carbonyl (C=O) groups is 1. The Balaban J connectivity index is 1.55. The fourth-order valence-corrected chi connectivity index (χ4v) is 4.06. The lowest BCUT2D eigenvalue weighted by molar-refractivity contribution is -0.112. The molecule has 0 radical (unpaired) electrons. The van der Waals surface area contributed by atoms with Crippen molar-refractivity contribution in [3.05, 3.63) is 59.3 Å². The van der Waals surface area contributed by atoms with Gasteiger partial charge in [-0.05, 0) is 49.7 Å². The predicted molar refractivity (Wildman–Crippen MR) is 109 cm³/mol. The molecule has 1 N–H and O–H groups in total. The first-order valence-corrected chi connectivity index (χ1v) is 10.2. The lowest BCUT2D eigenvalue weighted by atomic mass is 10.0. The van der Waals surface area contributed by atoms with E-state index in [0.717, 1.165) is 25.2 Å². The van der Waals surface area contributed by atoms with E-state index in [9.17, 15) is 13.6 Å². The summed E-state index contributed by atoms with van der Waals surface area (Å²) in [6.45, 7) is 2.96. The minimum atomic E-state index is -0.669. The molecule has 2 aromatic rings. The van der Waals surface area contributed by atoms with Crippen LogP contribution in [0.2, 0.25) is 0 Å². The Kier molecular flexibility index (Phi) is 5.55. The molecule has 1 aromatic heterocycles. The van der Waals surface area contributed by atoms with Crippen LogP contribution in [0.4, 0.5) is 14.5 Å². The van der Waals surface area contributed by atoms with Crippen LogP contribution in [0.15, 0.2) is 47.9 Å². The molecule has 0 spiro atoms. The number of rotatable bonds is 4. The molecule has 1 unspecified atom stereocenters. The van der Waals surface area contributed by atoms with E-state index in [-0.39, 0.29) is 28.0 Å². The van der Waals surface area contributed by atoms with Gasteiger partial charge in [0.25, 0.3) is 5.91 Å². The molecule has 1 saturated heterocycles. The van der Waals surface area contributed by atoms with E-state index in [1.165, 1.54) is 25.0 Å². The van der Waals surface area contributed by atoms with Gasteiger partial charge in [-0.3, -0.25) is 14.7 Å². The normalized spacial score (nSPS) is 20.2. The minimum Gasteiger partial charge on any atom is -0.319 e. The van der Waals surface area contributed by atoms with Gasteiger partial charge in [0, 0.05) is 29.4 Å². The molecule has 0 bridgehead atoms. The SMILES string of the molecule is O=C(Nc1ccc2cc(CN3CCCC3)cnc2c1F)C1=C(F)CC(Br)C=C1. The van der Waals surface area contributed by atoms with Crippen molar-refractivity contribution in [2.75, 3.05) is 18.4 Å². The van der Waals surface area contributed by atoms with Crippen molar-refractivity contribution in [2.24, 2.45) is 0 Å². The van der Waals surface area contributed by atoms with E-state index in [1.807, 2.05) is 6.07 Å². The van der Waals surface area contributed by atoms with Gasteiger partial charge in [-0.25, -0.2) is 8.78 Å². The van der Waals surface area contributed by atoms with E-state index >= 15 is 0 Å². The molecular weight excluding hydrogens is 428 g/mol. The maximum absolute atomic E-state index is 14.9. The van der Waals surface area contributed by atoms with Gasteiger partial charge < -0.3 is 5.32 Å². The van der Waals surface area contributed by atoms with Crippen LogP contribution in [0.5, 0.6) is 0 Å². The number of halogens is 3. The monoisotopic (exact) mass is 447 g/mol. The van der Waals surface area contributed by atoms with Gasteiger partial charge in [-0.1, -0.05) is 28.1 Å². The summed E-state index contributed by atoms with van der Waals surface area (Å²) in [4.78, 5) is 18.8. The molecule has 7 heteroatoms. The molecule has 1 amide bonds. The highest BCUT2D eigenvalue weighted by Gasteiger charge is 2.21. The Hall–Kier alpha value is -2.12. The van der Waals surface area contributed by atoms with Gasteiger partial charge in [0.15, 0.2) is 5.82 Å². The fraction of sp³-hybridized carbons (Fsp3) is 0.333. The van der Waals surface area contributed by atoms with Crippen LogP contribution < -0.4 is 5.32 Å². The van der Waals surface area contributed by atoms with Gasteiger partial charge in [0.1, 0.15) is 11.3 Å².